The SMILES string of the molecule is Cc1[nH]c(=O)sc1S(=O)(=O)N1CCN(C(=O)c2cc3c(s2)-c2ccccc2OC3)CC1. The summed E-state index contributed by atoms with van der Waals surface area (Å²) < 4.78 is 32.9. The molecular weight excluding hydrogens is 458 g/mol. The van der Waals surface area contributed by atoms with Crippen molar-refractivity contribution in [2.45, 2.75) is 17.7 Å². The third kappa shape index (κ3) is 3.51. The van der Waals surface area contributed by atoms with Crippen molar-refractivity contribution in [3.05, 3.63) is 56.1 Å². The zero-order chi connectivity index (χ0) is 21.8. The topological polar surface area (TPSA) is 99.8 Å². The number of para-hydroxylation sites is 1. The molecule has 2 aliphatic heterocycles. The minimum atomic E-state index is -3.75. The van der Waals surface area contributed by atoms with Crippen molar-refractivity contribution < 1.29 is 17.9 Å². The molecule has 1 saturated heterocycles. The average molecular weight is 478 g/mol. The lowest BCUT2D eigenvalue weighted by atomic mass is 10.1. The number of H-pyrrole nitrogens is 1. The van der Waals surface area contributed by atoms with Gasteiger partial charge in [-0.15, -0.1) is 11.3 Å². The van der Waals surface area contributed by atoms with Gasteiger partial charge < -0.3 is 14.6 Å². The predicted octanol–water partition coefficient (Wildman–Crippen LogP) is 2.51. The van der Waals surface area contributed by atoms with E-state index in [1.165, 1.54) is 15.6 Å². The van der Waals surface area contributed by atoms with Crippen LogP contribution in [0.3, 0.4) is 0 Å². The number of piperazine rings is 1. The highest BCUT2D eigenvalue weighted by Gasteiger charge is 2.33. The number of benzene rings is 1. The van der Waals surface area contributed by atoms with Crippen LogP contribution in [0.15, 0.2) is 39.3 Å². The number of rotatable bonds is 3. The largest absolute Gasteiger partial charge is 0.488 e. The van der Waals surface area contributed by atoms with Crippen LogP contribution in [0.2, 0.25) is 0 Å². The van der Waals surface area contributed by atoms with Crippen molar-refractivity contribution in [2.24, 2.45) is 0 Å². The van der Waals surface area contributed by atoms with Gasteiger partial charge >= 0.3 is 4.87 Å². The highest BCUT2D eigenvalue weighted by atomic mass is 32.2. The van der Waals surface area contributed by atoms with Gasteiger partial charge in [0.1, 0.15) is 12.4 Å². The summed E-state index contributed by atoms with van der Waals surface area (Å²) in [5, 5.41) is 0. The molecule has 2 aliphatic rings. The Hall–Kier alpha value is -2.47. The van der Waals surface area contributed by atoms with E-state index in [0.29, 0.717) is 41.6 Å². The smallest absolute Gasteiger partial charge is 0.305 e. The van der Waals surface area contributed by atoms with Crippen LogP contribution in [0.4, 0.5) is 0 Å². The highest BCUT2D eigenvalue weighted by Crippen LogP contribution is 2.42. The summed E-state index contributed by atoms with van der Waals surface area (Å²) in [4.78, 5) is 30.1. The standard InChI is InChI=1S/C20H19N3O5S3/c1-12-19(30-20(25)21-12)31(26,27)23-8-6-22(7-9-23)18(24)16-10-13-11-28-15-5-3-2-4-14(15)17(13)29-16/h2-5,10H,6-9,11H2,1H3,(H,21,25). The molecule has 5 rings (SSSR count). The van der Waals surface area contributed by atoms with Crippen molar-refractivity contribution in [3.8, 4) is 16.2 Å². The van der Waals surface area contributed by atoms with Crippen molar-refractivity contribution >= 4 is 38.6 Å². The van der Waals surface area contributed by atoms with Gasteiger partial charge in [-0.25, -0.2) is 8.42 Å². The van der Waals surface area contributed by atoms with E-state index in [1.54, 1.807) is 11.8 Å². The number of fused-ring (bicyclic) bond motifs is 3. The van der Waals surface area contributed by atoms with Gasteiger partial charge in [0.15, 0.2) is 4.21 Å². The summed E-state index contributed by atoms with van der Waals surface area (Å²) in [5.74, 6) is 0.716. The molecule has 8 nitrogen and oxygen atoms in total. The first kappa shape index (κ1) is 20.4. The first-order chi connectivity index (χ1) is 14.8. The molecule has 1 amide bonds. The third-order valence-electron chi connectivity index (χ3n) is 5.42. The molecule has 1 fully saturated rings. The predicted molar refractivity (Wildman–Crippen MR) is 118 cm³/mol. The van der Waals surface area contributed by atoms with Crippen LogP contribution in [0.1, 0.15) is 20.9 Å². The van der Waals surface area contributed by atoms with Crippen molar-refractivity contribution in [3.63, 3.8) is 0 Å². The van der Waals surface area contributed by atoms with E-state index in [0.717, 1.165) is 21.8 Å². The molecule has 31 heavy (non-hydrogen) atoms. The Morgan fingerprint density at radius 1 is 1.13 bits per heavy atom. The van der Waals surface area contributed by atoms with Gasteiger partial charge in [0.2, 0.25) is 0 Å². The number of aryl methyl sites for hydroxylation is 1. The summed E-state index contributed by atoms with van der Waals surface area (Å²) >= 11 is 2.14. The minimum absolute atomic E-state index is 0.0434. The molecule has 0 unspecified atom stereocenters. The monoisotopic (exact) mass is 477 g/mol. The second kappa shape index (κ2) is 7.59. The normalized spacial score (nSPS) is 16.5. The van der Waals surface area contributed by atoms with Gasteiger partial charge in [0.25, 0.3) is 15.9 Å². The van der Waals surface area contributed by atoms with Crippen molar-refractivity contribution in [1.29, 1.82) is 0 Å². The van der Waals surface area contributed by atoms with Gasteiger partial charge in [-0.05, 0) is 25.1 Å². The molecule has 4 heterocycles. The van der Waals surface area contributed by atoms with E-state index in [-0.39, 0.29) is 23.2 Å². The van der Waals surface area contributed by atoms with E-state index in [4.69, 9.17) is 4.74 Å². The number of hydrogen-bond donors (Lipinski definition) is 1. The Bertz CT molecular complexity index is 1330. The van der Waals surface area contributed by atoms with Crippen LogP contribution in [-0.2, 0) is 16.6 Å². The lowest BCUT2D eigenvalue weighted by Crippen LogP contribution is -2.50. The Balaban J connectivity index is 1.32. The quantitative estimate of drug-likeness (QED) is 0.625. The zero-order valence-corrected chi connectivity index (χ0v) is 19.0. The fraction of sp³-hybridized carbons (Fsp3) is 0.300. The maximum absolute atomic E-state index is 13.1. The zero-order valence-electron chi connectivity index (χ0n) is 16.6. The van der Waals surface area contributed by atoms with Crippen LogP contribution in [-0.4, -0.2) is 54.7 Å². The van der Waals surface area contributed by atoms with Gasteiger partial charge in [-0.1, -0.05) is 23.5 Å². The average Bonchev–Trinajstić information content (AvgIpc) is 3.36. The van der Waals surface area contributed by atoms with E-state index in [2.05, 4.69) is 4.98 Å². The van der Waals surface area contributed by atoms with E-state index in [9.17, 15) is 18.0 Å². The summed E-state index contributed by atoms with van der Waals surface area (Å²) in [5.41, 5.74) is 2.33. The Morgan fingerprint density at radius 2 is 1.87 bits per heavy atom. The summed E-state index contributed by atoms with van der Waals surface area (Å²) in [6, 6.07) is 9.65. The van der Waals surface area contributed by atoms with Crippen LogP contribution in [0.5, 0.6) is 5.75 Å². The second-order valence-electron chi connectivity index (χ2n) is 7.37. The maximum Gasteiger partial charge on any atom is 0.305 e. The molecule has 0 radical (unpaired) electrons. The molecule has 0 atom stereocenters. The molecule has 3 aromatic rings. The molecule has 0 spiro atoms. The number of carbonyl (C=O) groups excluding carboxylic acids is 1. The van der Waals surface area contributed by atoms with E-state index >= 15 is 0 Å². The molecule has 162 valence electrons. The molecule has 1 N–H and O–H groups in total. The molecular formula is C20H19N3O5S3. The number of aromatic amines is 1. The fourth-order valence-electron chi connectivity index (χ4n) is 3.85. The first-order valence-electron chi connectivity index (χ1n) is 9.68. The number of sulfonamides is 1. The molecule has 0 saturated carbocycles. The number of hydrogen-bond acceptors (Lipinski definition) is 7. The van der Waals surface area contributed by atoms with Crippen LogP contribution >= 0.6 is 22.7 Å². The summed E-state index contributed by atoms with van der Waals surface area (Å²) in [6.07, 6.45) is 0. The number of nitrogens with one attached hydrogen (secondary N) is 1. The highest BCUT2D eigenvalue weighted by molar-refractivity contribution is 7.91. The number of thiophene rings is 1. The van der Waals surface area contributed by atoms with Crippen molar-refractivity contribution in [1.82, 2.24) is 14.2 Å². The minimum Gasteiger partial charge on any atom is -0.488 e. The van der Waals surface area contributed by atoms with Gasteiger partial charge in [-0.2, -0.15) is 4.31 Å². The van der Waals surface area contributed by atoms with Gasteiger partial charge in [0, 0.05) is 47.9 Å². The summed E-state index contributed by atoms with van der Waals surface area (Å²) in [6.45, 7) is 2.98. The number of carbonyl (C=O) groups is 1. The number of nitrogens with zero attached hydrogens (tertiary/aromatic N) is 2. The lowest BCUT2D eigenvalue weighted by Gasteiger charge is -2.33. The molecule has 0 aliphatic carbocycles. The Kier molecular flexibility index (Phi) is 5.00. The Morgan fingerprint density at radius 3 is 2.58 bits per heavy atom. The van der Waals surface area contributed by atoms with Gasteiger partial charge in [0.05, 0.1) is 4.88 Å². The molecule has 0 bridgehead atoms. The van der Waals surface area contributed by atoms with Crippen LogP contribution < -0.4 is 9.61 Å². The number of amides is 1. The van der Waals surface area contributed by atoms with Crippen LogP contribution in [0, 0.1) is 6.92 Å². The van der Waals surface area contributed by atoms with Crippen LogP contribution in [0.25, 0.3) is 10.4 Å². The first-order valence-corrected chi connectivity index (χ1v) is 12.8. The Labute approximate surface area is 186 Å². The maximum atomic E-state index is 13.1. The molecule has 2 aromatic heterocycles. The summed E-state index contributed by atoms with van der Waals surface area (Å²) in [7, 11) is -3.75. The van der Waals surface area contributed by atoms with Gasteiger partial charge in [-0.3, -0.25) is 9.59 Å². The lowest BCUT2D eigenvalue weighted by molar-refractivity contribution is 0.0702. The number of thiazole rings is 1. The molecule has 1 aromatic carbocycles. The number of aromatic nitrogens is 1. The number of ether oxygens (including phenoxy) is 1. The van der Waals surface area contributed by atoms with Crippen molar-refractivity contribution in [2.75, 3.05) is 26.2 Å². The molecule has 11 heteroatoms. The second-order valence-corrected chi connectivity index (χ2v) is 11.5. The fourth-order valence-corrected chi connectivity index (χ4v) is 7.87. The van der Waals surface area contributed by atoms with E-state index < -0.39 is 14.9 Å². The van der Waals surface area contributed by atoms with E-state index in [1.807, 2.05) is 30.3 Å². The third-order valence-corrected chi connectivity index (χ3v) is 10.1.